The van der Waals surface area contributed by atoms with Gasteiger partial charge < -0.3 is 0 Å². The fourth-order valence-electron chi connectivity index (χ4n) is 0.0505. The summed E-state index contributed by atoms with van der Waals surface area (Å²) in [6.07, 6.45) is 0. The van der Waals surface area contributed by atoms with E-state index in [1.54, 1.807) is 23.0 Å². The standard InChI is InChI=1S/C2HCl4IO/c3-1(8-7)2(4,5)6/h1H. The van der Waals surface area contributed by atoms with Crippen LogP contribution in [0.5, 0.6) is 0 Å². The van der Waals surface area contributed by atoms with Crippen LogP contribution in [0.2, 0.25) is 0 Å². The second-order valence-corrected chi connectivity index (χ2v) is 4.22. The molecular weight excluding hydrogens is 309 g/mol. The van der Waals surface area contributed by atoms with E-state index < -0.39 is 9.36 Å². The van der Waals surface area contributed by atoms with Crippen molar-refractivity contribution in [3.8, 4) is 0 Å². The van der Waals surface area contributed by atoms with Crippen LogP contribution in [-0.4, -0.2) is 9.36 Å². The zero-order valence-corrected chi connectivity index (χ0v) is 8.56. The van der Waals surface area contributed by atoms with E-state index in [-0.39, 0.29) is 0 Å². The summed E-state index contributed by atoms with van der Waals surface area (Å²) in [6, 6.07) is 0. The van der Waals surface area contributed by atoms with Crippen LogP contribution in [0.25, 0.3) is 0 Å². The molecule has 0 aliphatic carbocycles. The van der Waals surface area contributed by atoms with Crippen LogP contribution in [0.15, 0.2) is 0 Å². The summed E-state index contributed by atoms with van der Waals surface area (Å²) in [5, 5.41) is 0. The lowest BCUT2D eigenvalue weighted by molar-refractivity contribution is 0.388. The fraction of sp³-hybridized carbons (Fsp3) is 1.00. The molecule has 0 aromatic heterocycles. The van der Waals surface area contributed by atoms with E-state index in [1.165, 1.54) is 0 Å². The van der Waals surface area contributed by atoms with E-state index in [4.69, 9.17) is 46.4 Å². The van der Waals surface area contributed by atoms with Gasteiger partial charge in [-0.25, -0.2) is 0 Å². The second kappa shape index (κ2) is 3.88. The van der Waals surface area contributed by atoms with Gasteiger partial charge in [0.15, 0.2) is 5.56 Å². The summed E-state index contributed by atoms with van der Waals surface area (Å²) in [7, 11) is 0. The van der Waals surface area contributed by atoms with Crippen molar-refractivity contribution in [3.05, 3.63) is 0 Å². The molecule has 0 bridgehead atoms. The first kappa shape index (κ1) is 9.85. The molecule has 1 unspecified atom stereocenters. The van der Waals surface area contributed by atoms with E-state index in [2.05, 4.69) is 3.07 Å². The van der Waals surface area contributed by atoms with Crippen molar-refractivity contribution in [1.82, 2.24) is 0 Å². The maximum Gasteiger partial charge on any atom is 0.231 e. The normalized spacial score (nSPS) is 16.1. The first-order valence-electron chi connectivity index (χ1n) is 1.46. The van der Waals surface area contributed by atoms with Crippen LogP contribution < -0.4 is 0 Å². The van der Waals surface area contributed by atoms with E-state index in [9.17, 15) is 0 Å². The molecule has 0 radical (unpaired) electrons. The molecule has 0 saturated carbocycles. The van der Waals surface area contributed by atoms with Crippen molar-refractivity contribution in [1.29, 1.82) is 0 Å². The zero-order chi connectivity index (χ0) is 6.78. The average molecular weight is 310 g/mol. The first-order chi connectivity index (χ1) is 3.48. The summed E-state index contributed by atoms with van der Waals surface area (Å²) >= 11 is 22.6. The quantitative estimate of drug-likeness (QED) is 0.533. The molecule has 0 rings (SSSR count). The summed E-state index contributed by atoms with van der Waals surface area (Å²) in [4.78, 5) is 0. The van der Waals surface area contributed by atoms with E-state index in [0.717, 1.165) is 0 Å². The van der Waals surface area contributed by atoms with Crippen molar-refractivity contribution in [2.75, 3.05) is 0 Å². The minimum atomic E-state index is -1.54. The summed E-state index contributed by atoms with van der Waals surface area (Å²) in [5.41, 5.74) is -0.895. The summed E-state index contributed by atoms with van der Waals surface area (Å²) in [5.74, 6) is 0. The van der Waals surface area contributed by atoms with Crippen molar-refractivity contribution >= 4 is 69.4 Å². The topological polar surface area (TPSA) is 9.23 Å². The molecule has 0 heterocycles. The third-order valence-electron chi connectivity index (χ3n) is 0.336. The van der Waals surface area contributed by atoms with Gasteiger partial charge in [0.05, 0.1) is 0 Å². The van der Waals surface area contributed by atoms with Gasteiger partial charge in [-0.15, -0.1) is 0 Å². The largest absolute Gasteiger partial charge is 0.292 e. The van der Waals surface area contributed by atoms with Gasteiger partial charge in [0.2, 0.25) is 3.79 Å². The molecule has 0 aromatic carbocycles. The SMILES string of the molecule is ClC(OI)C(Cl)(Cl)Cl. The Hall–Kier alpha value is 1.85. The lowest BCUT2D eigenvalue weighted by atomic mass is 10.8. The minimum absolute atomic E-state index is 0.895. The summed E-state index contributed by atoms with van der Waals surface area (Å²) < 4.78 is 2.92. The number of halogens is 5. The van der Waals surface area contributed by atoms with Gasteiger partial charge >= 0.3 is 0 Å². The molecule has 0 aromatic rings. The number of hydrogen-bond acceptors (Lipinski definition) is 1. The van der Waals surface area contributed by atoms with Crippen LogP contribution in [0.1, 0.15) is 0 Å². The molecule has 0 spiro atoms. The molecule has 8 heavy (non-hydrogen) atoms. The van der Waals surface area contributed by atoms with Gasteiger partial charge in [-0.1, -0.05) is 46.4 Å². The Bertz CT molecular complexity index is 70.9. The first-order valence-corrected chi connectivity index (χ1v) is 3.91. The van der Waals surface area contributed by atoms with Crippen LogP contribution in [-0.2, 0) is 3.07 Å². The second-order valence-electron chi connectivity index (χ2n) is 0.947. The highest BCUT2D eigenvalue weighted by molar-refractivity contribution is 14.1. The molecule has 0 aliphatic rings. The van der Waals surface area contributed by atoms with Crippen LogP contribution in [0, 0.1) is 0 Å². The smallest absolute Gasteiger partial charge is 0.231 e. The highest BCUT2D eigenvalue weighted by Crippen LogP contribution is 2.35. The molecule has 0 N–H and O–H groups in total. The molecular formula is C2HCl4IO. The van der Waals surface area contributed by atoms with Gasteiger partial charge in [-0.2, -0.15) is 0 Å². The van der Waals surface area contributed by atoms with Crippen molar-refractivity contribution in [2.24, 2.45) is 0 Å². The highest BCUT2D eigenvalue weighted by Gasteiger charge is 2.31. The third kappa shape index (κ3) is 3.80. The molecule has 0 amide bonds. The highest BCUT2D eigenvalue weighted by atomic mass is 127. The van der Waals surface area contributed by atoms with Crippen molar-refractivity contribution < 1.29 is 3.07 Å². The lowest BCUT2D eigenvalue weighted by Crippen LogP contribution is -2.18. The number of alkyl halides is 4. The maximum absolute atomic E-state index is 5.32. The zero-order valence-electron chi connectivity index (χ0n) is 3.38. The Morgan fingerprint density at radius 3 is 1.75 bits per heavy atom. The Morgan fingerprint density at radius 2 is 1.75 bits per heavy atom. The van der Waals surface area contributed by atoms with Gasteiger partial charge in [-0.3, -0.25) is 3.07 Å². The fourth-order valence-corrected chi connectivity index (χ4v) is 1.02. The van der Waals surface area contributed by atoms with Gasteiger partial charge in [0, 0.05) is 0 Å². The van der Waals surface area contributed by atoms with Crippen molar-refractivity contribution in [2.45, 2.75) is 9.36 Å². The van der Waals surface area contributed by atoms with Gasteiger partial charge in [-0.05, 0) is 0 Å². The molecule has 0 saturated heterocycles. The molecule has 1 nitrogen and oxygen atoms in total. The van der Waals surface area contributed by atoms with E-state index in [1.807, 2.05) is 0 Å². The van der Waals surface area contributed by atoms with Crippen LogP contribution in [0.3, 0.4) is 0 Å². The Kier molecular flexibility index (Phi) is 4.78. The van der Waals surface area contributed by atoms with E-state index >= 15 is 0 Å². The Morgan fingerprint density at radius 1 is 1.38 bits per heavy atom. The molecule has 0 aliphatic heterocycles. The number of hydrogen-bond donors (Lipinski definition) is 0. The molecule has 6 heteroatoms. The maximum atomic E-state index is 5.32. The number of rotatable bonds is 1. The molecule has 1 atom stereocenters. The third-order valence-corrected chi connectivity index (χ3v) is 2.49. The van der Waals surface area contributed by atoms with Gasteiger partial charge in [0.1, 0.15) is 23.0 Å². The van der Waals surface area contributed by atoms with E-state index in [0.29, 0.717) is 0 Å². The van der Waals surface area contributed by atoms with Crippen molar-refractivity contribution in [3.63, 3.8) is 0 Å². The van der Waals surface area contributed by atoms with Crippen LogP contribution in [0.4, 0.5) is 0 Å². The Balaban J connectivity index is 3.62. The predicted octanol–water partition coefficient (Wildman–Crippen LogP) is 3.29. The lowest BCUT2D eigenvalue weighted by Gasteiger charge is -2.13. The molecule has 0 fully saturated rings. The monoisotopic (exact) mass is 308 g/mol. The van der Waals surface area contributed by atoms with Crippen LogP contribution >= 0.6 is 69.4 Å². The average Bonchev–Trinajstić information content (AvgIpc) is 1.62. The predicted molar refractivity (Wildman–Crippen MR) is 45.0 cm³/mol. The molecule has 50 valence electrons. The Labute approximate surface area is 81.2 Å². The van der Waals surface area contributed by atoms with Gasteiger partial charge in [0.25, 0.3) is 0 Å². The summed E-state index contributed by atoms with van der Waals surface area (Å²) in [6.45, 7) is 0. The minimum Gasteiger partial charge on any atom is -0.292 e.